The van der Waals surface area contributed by atoms with Gasteiger partial charge in [-0.25, -0.2) is 15.0 Å². The van der Waals surface area contributed by atoms with Crippen molar-refractivity contribution in [2.45, 2.75) is 39.3 Å². The summed E-state index contributed by atoms with van der Waals surface area (Å²) in [6.07, 6.45) is 3.65. The van der Waals surface area contributed by atoms with Gasteiger partial charge >= 0.3 is 0 Å². The van der Waals surface area contributed by atoms with Crippen molar-refractivity contribution in [3.8, 4) is 0 Å². The van der Waals surface area contributed by atoms with Crippen LogP contribution in [0.1, 0.15) is 33.4 Å². The van der Waals surface area contributed by atoms with Crippen LogP contribution in [0.4, 0.5) is 5.82 Å². The average Bonchev–Trinajstić information content (AvgIpc) is 3.51. The predicted octanol–water partition coefficient (Wildman–Crippen LogP) is 3.10. The van der Waals surface area contributed by atoms with Crippen LogP contribution in [0, 0.1) is 6.92 Å². The molecule has 0 unspecified atom stereocenters. The smallest absolute Gasteiger partial charge is 0.146 e. The standard InChI is InChI=1S/C23H30N6OS2/c1-16-24-17(15-31-16)13-27-5-7-29(8-6-27)22-21-18-3-2-4-19(18)32-23(21)26-20(25-22)14-28-9-11-30-12-10-28/h15H,2-14H2,1H3. The van der Waals surface area contributed by atoms with E-state index in [9.17, 15) is 0 Å². The molecule has 2 aliphatic heterocycles. The molecule has 170 valence electrons. The van der Waals surface area contributed by atoms with Gasteiger partial charge in [-0.05, 0) is 31.7 Å². The van der Waals surface area contributed by atoms with Crippen molar-refractivity contribution in [2.24, 2.45) is 0 Å². The van der Waals surface area contributed by atoms with Crippen molar-refractivity contribution in [3.05, 3.63) is 32.3 Å². The van der Waals surface area contributed by atoms with Gasteiger partial charge in [0.15, 0.2) is 0 Å². The molecule has 0 aromatic carbocycles. The van der Waals surface area contributed by atoms with Crippen molar-refractivity contribution in [1.29, 1.82) is 0 Å². The molecule has 7 nitrogen and oxygen atoms in total. The van der Waals surface area contributed by atoms with Crippen LogP contribution in [0.15, 0.2) is 5.38 Å². The number of fused-ring (bicyclic) bond motifs is 3. The molecular formula is C23H30N6OS2. The van der Waals surface area contributed by atoms with E-state index in [4.69, 9.17) is 14.7 Å². The van der Waals surface area contributed by atoms with E-state index in [1.165, 1.54) is 51.4 Å². The number of thiophene rings is 1. The molecule has 6 rings (SSSR count). The zero-order chi connectivity index (χ0) is 21.5. The second kappa shape index (κ2) is 8.95. The van der Waals surface area contributed by atoms with E-state index in [0.717, 1.165) is 76.4 Å². The monoisotopic (exact) mass is 470 g/mol. The largest absolute Gasteiger partial charge is 0.379 e. The molecule has 0 saturated carbocycles. The fourth-order valence-electron chi connectivity index (χ4n) is 5.11. The van der Waals surface area contributed by atoms with E-state index in [2.05, 4.69) is 32.0 Å². The number of rotatable bonds is 5. The van der Waals surface area contributed by atoms with Crippen molar-refractivity contribution in [2.75, 3.05) is 57.4 Å². The van der Waals surface area contributed by atoms with Gasteiger partial charge in [-0.2, -0.15) is 0 Å². The molecule has 2 fully saturated rings. The maximum absolute atomic E-state index is 5.52. The van der Waals surface area contributed by atoms with Crippen LogP contribution in [0.25, 0.3) is 10.2 Å². The maximum Gasteiger partial charge on any atom is 0.146 e. The third kappa shape index (κ3) is 4.17. The molecule has 1 aliphatic carbocycles. The number of hydrogen-bond donors (Lipinski definition) is 0. The van der Waals surface area contributed by atoms with Crippen molar-refractivity contribution >= 4 is 38.7 Å². The summed E-state index contributed by atoms with van der Waals surface area (Å²) >= 11 is 3.65. The molecule has 3 aromatic heterocycles. The molecule has 5 heterocycles. The lowest BCUT2D eigenvalue weighted by Gasteiger charge is -2.35. The Morgan fingerprint density at radius 2 is 1.75 bits per heavy atom. The fourth-order valence-corrected chi connectivity index (χ4v) is 6.98. The van der Waals surface area contributed by atoms with Crippen LogP contribution in [0.5, 0.6) is 0 Å². The topological polar surface area (TPSA) is 57.6 Å². The molecule has 9 heteroatoms. The first-order chi connectivity index (χ1) is 15.7. The Morgan fingerprint density at radius 3 is 2.53 bits per heavy atom. The molecule has 3 aliphatic rings. The summed E-state index contributed by atoms with van der Waals surface area (Å²) in [4.78, 5) is 25.1. The fraction of sp³-hybridized carbons (Fsp3) is 0.609. The van der Waals surface area contributed by atoms with Gasteiger partial charge in [-0.15, -0.1) is 22.7 Å². The van der Waals surface area contributed by atoms with E-state index < -0.39 is 0 Å². The highest BCUT2D eigenvalue weighted by Gasteiger charge is 2.27. The number of thiazole rings is 1. The molecule has 0 atom stereocenters. The molecule has 3 aromatic rings. The maximum atomic E-state index is 5.52. The third-order valence-electron chi connectivity index (χ3n) is 6.78. The lowest BCUT2D eigenvalue weighted by Crippen LogP contribution is -2.46. The van der Waals surface area contributed by atoms with Crippen molar-refractivity contribution in [3.63, 3.8) is 0 Å². The Kier molecular flexibility index (Phi) is 5.85. The lowest BCUT2D eigenvalue weighted by atomic mass is 10.1. The average molecular weight is 471 g/mol. The van der Waals surface area contributed by atoms with E-state index >= 15 is 0 Å². The summed E-state index contributed by atoms with van der Waals surface area (Å²) in [6.45, 7) is 11.5. The van der Waals surface area contributed by atoms with E-state index in [1.807, 2.05) is 11.3 Å². The Labute approximate surface area is 197 Å². The molecule has 0 spiro atoms. The first kappa shape index (κ1) is 20.9. The first-order valence-corrected chi connectivity index (χ1v) is 13.4. The van der Waals surface area contributed by atoms with Crippen molar-refractivity contribution in [1.82, 2.24) is 24.8 Å². The van der Waals surface area contributed by atoms with Crippen LogP contribution < -0.4 is 4.90 Å². The van der Waals surface area contributed by atoms with Gasteiger partial charge in [0, 0.05) is 56.1 Å². The highest BCUT2D eigenvalue weighted by molar-refractivity contribution is 7.19. The summed E-state index contributed by atoms with van der Waals surface area (Å²) in [6, 6.07) is 0. The molecular weight excluding hydrogens is 440 g/mol. The Balaban J connectivity index is 1.25. The molecule has 0 N–H and O–H groups in total. The second-order valence-corrected chi connectivity index (χ2v) is 11.2. The van der Waals surface area contributed by atoms with E-state index in [1.54, 1.807) is 11.3 Å². The minimum atomic E-state index is 0.808. The quantitative estimate of drug-likeness (QED) is 0.568. The summed E-state index contributed by atoms with van der Waals surface area (Å²) in [5.74, 6) is 2.15. The SMILES string of the molecule is Cc1nc(CN2CCN(c3nc(CN4CCOCC4)nc4sc5c(c34)CCC5)CC2)cs1. The van der Waals surface area contributed by atoms with Gasteiger partial charge in [-0.1, -0.05) is 0 Å². The Bertz CT molecular complexity index is 1100. The van der Waals surface area contributed by atoms with Gasteiger partial charge in [0.05, 0.1) is 35.8 Å². The predicted molar refractivity (Wildman–Crippen MR) is 130 cm³/mol. The second-order valence-electron chi connectivity index (χ2n) is 9.01. The first-order valence-electron chi connectivity index (χ1n) is 11.7. The zero-order valence-corrected chi connectivity index (χ0v) is 20.3. The number of ether oxygens (including phenoxy) is 1. The summed E-state index contributed by atoms with van der Waals surface area (Å²) in [5, 5.41) is 4.69. The highest BCUT2D eigenvalue weighted by atomic mass is 32.1. The summed E-state index contributed by atoms with van der Waals surface area (Å²) in [7, 11) is 0. The number of nitrogens with zero attached hydrogens (tertiary/aromatic N) is 6. The molecule has 32 heavy (non-hydrogen) atoms. The summed E-state index contributed by atoms with van der Waals surface area (Å²) in [5.41, 5.74) is 2.73. The minimum absolute atomic E-state index is 0.808. The highest BCUT2D eigenvalue weighted by Crippen LogP contribution is 2.41. The number of morpholine rings is 1. The van der Waals surface area contributed by atoms with Crippen LogP contribution in [0.2, 0.25) is 0 Å². The van der Waals surface area contributed by atoms with Gasteiger partial charge in [-0.3, -0.25) is 9.80 Å². The lowest BCUT2D eigenvalue weighted by molar-refractivity contribution is 0.0331. The Morgan fingerprint density at radius 1 is 0.938 bits per heavy atom. The van der Waals surface area contributed by atoms with Crippen LogP contribution >= 0.6 is 22.7 Å². The van der Waals surface area contributed by atoms with E-state index in [0.29, 0.717) is 0 Å². The normalized spacial score (nSPS) is 20.3. The summed E-state index contributed by atoms with van der Waals surface area (Å²) < 4.78 is 5.52. The number of aromatic nitrogens is 3. The molecule has 2 saturated heterocycles. The number of anilines is 1. The zero-order valence-electron chi connectivity index (χ0n) is 18.7. The van der Waals surface area contributed by atoms with Crippen LogP contribution in [-0.2, 0) is 30.7 Å². The molecule has 0 amide bonds. The Hall–Kier alpha value is -1.65. The molecule has 0 radical (unpaired) electrons. The number of aryl methyl sites for hydroxylation is 3. The van der Waals surface area contributed by atoms with Gasteiger partial charge in [0.25, 0.3) is 0 Å². The van der Waals surface area contributed by atoms with E-state index in [-0.39, 0.29) is 0 Å². The number of piperazine rings is 1. The number of hydrogen-bond acceptors (Lipinski definition) is 9. The molecule has 0 bridgehead atoms. The van der Waals surface area contributed by atoms with Gasteiger partial charge < -0.3 is 9.64 Å². The van der Waals surface area contributed by atoms with Gasteiger partial charge in [0.1, 0.15) is 16.5 Å². The van der Waals surface area contributed by atoms with Crippen LogP contribution in [0.3, 0.4) is 0 Å². The van der Waals surface area contributed by atoms with Gasteiger partial charge in [0.2, 0.25) is 0 Å². The van der Waals surface area contributed by atoms with Crippen LogP contribution in [-0.4, -0.2) is 77.2 Å². The van der Waals surface area contributed by atoms with Crippen molar-refractivity contribution < 1.29 is 4.74 Å². The minimum Gasteiger partial charge on any atom is -0.379 e. The third-order valence-corrected chi connectivity index (χ3v) is 8.79.